The van der Waals surface area contributed by atoms with Crippen molar-refractivity contribution in [2.45, 2.75) is 117 Å². The molecule has 0 aromatic heterocycles. The van der Waals surface area contributed by atoms with Crippen LogP contribution in [0.1, 0.15) is 112 Å². The number of carbonyl (C=O) groups excluding carboxylic acids is 3. The lowest BCUT2D eigenvalue weighted by Gasteiger charge is -2.59. The van der Waals surface area contributed by atoms with Gasteiger partial charge in [-0.1, -0.05) is 46.1 Å². The lowest BCUT2D eigenvalue weighted by molar-refractivity contribution is -0.192. The quantitative estimate of drug-likeness (QED) is 0.405. The Hall–Kier alpha value is -1.45. The minimum absolute atomic E-state index is 0.0388. The summed E-state index contributed by atoms with van der Waals surface area (Å²) in [5.74, 6) is 1.59. The largest absolute Gasteiger partial charge is 0.450 e. The number of hydrogen-bond donors (Lipinski definition) is 0. The van der Waals surface area contributed by atoms with Crippen molar-refractivity contribution in [1.29, 1.82) is 0 Å². The second-order valence-corrected chi connectivity index (χ2v) is 12.0. The molecule has 4 aliphatic rings. The predicted octanol–water partition coefficient (Wildman–Crippen LogP) is 6.61. The summed E-state index contributed by atoms with van der Waals surface area (Å²) in [7, 11) is 0. The van der Waals surface area contributed by atoms with Gasteiger partial charge in [0.25, 0.3) is 0 Å². The molecule has 0 saturated heterocycles. The molecule has 0 unspecified atom stereocenters. The van der Waals surface area contributed by atoms with E-state index in [0.717, 1.165) is 64.2 Å². The van der Waals surface area contributed by atoms with E-state index in [1.165, 1.54) is 5.57 Å². The molecule has 4 rings (SSSR count). The third-order valence-electron chi connectivity index (χ3n) is 10.5. The molecule has 0 bridgehead atoms. The molecule has 0 aromatic rings. The maximum atomic E-state index is 13.3. The number of rotatable bonds is 7. The smallest absolute Gasteiger partial charge is 0.309 e. The van der Waals surface area contributed by atoms with Crippen LogP contribution in [0.25, 0.3) is 0 Å². The second kappa shape index (κ2) is 8.96. The van der Waals surface area contributed by atoms with Crippen LogP contribution < -0.4 is 0 Å². The molecule has 0 spiro atoms. The molecule has 3 saturated carbocycles. The van der Waals surface area contributed by atoms with E-state index in [9.17, 15) is 14.4 Å². The molecule has 3 fully saturated rings. The van der Waals surface area contributed by atoms with Gasteiger partial charge in [-0.25, -0.2) is 0 Å². The Morgan fingerprint density at radius 3 is 2.30 bits per heavy atom. The van der Waals surface area contributed by atoms with Gasteiger partial charge < -0.3 is 4.74 Å². The van der Waals surface area contributed by atoms with Crippen LogP contribution in [0.15, 0.2) is 11.6 Å². The summed E-state index contributed by atoms with van der Waals surface area (Å²) < 4.78 is 6.38. The topological polar surface area (TPSA) is 60.4 Å². The number of Topliss-reactive ketones (excluding diaryl/α,β-unsaturated/α-hetero) is 1. The number of ketones is 2. The van der Waals surface area contributed by atoms with Gasteiger partial charge in [-0.15, -0.1) is 0 Å². The van der Waals surface area contributed by atoms with E-state index < -0.39 is 5.60 Å². The first-order chi connectivity index (χ1) is 15.6. The first-order valence-electron chi connectivity index (χ1n) is 13.6. The summed E-state index contributed by atoms with van der Waals surface area (Å²) in [6.45, 7) is 10.5. The van der Waals surface area contributed by atoms with Gasteiger partial charge in [0.1, 0.15) is 0 Å². The highest BCUT2D eigenvalue weighted by Crippen LogP contribution is 2.68. The van der Waals surface area contributed by atoms with Crippen LogP contribution in [0, 0.1) is 34.5 Å². The van der Waals surface area contributed by atoms with Gasteiger partial charge in [-0.3, -0.25) is 14.4 Å². The van der Waals surface area contributed by atoms with Gasteiger partial charge in [0, 0.05) is 11.8 Å². The van der Waals surface area contributed by atoms with Crippen molar-refractivity contribution in [3.05, 3.63) is 11.6 Å². The van der Waals surface area contributed by atoms with Crippen LogP contribution in [0.4, 0.5) is 0 Å². The maximum Gasteiger partial charge on any atom is 0.309 e. The minimum atomic E-state index is -0.973. The second-order valence-electron chi connectivity index (χ2n) is 12.0. The summed E-state index contributed by atoms with van der Waals surface area (Å²) >= 11 is 0. The monoisotopic (exact) mass is 456 g/mol. The molecule has 4 aliphatic carbocycles. The number of ether oxygens (including phenoxy) is 1. The molecule has 33 heavy (non-hydrogen) atoms. The Balaban J connectivity index is 1.63. The fourth-order valence-corrected chi connectivity index (χ4v) is 8.71. The van der Waals surface area contributed by atoms with Crippen molar-refractivity contribution in [1.82, 2.24) is 0 Å². The van der Waals surface area contributed by atoms with Crippen molar-refractivity contribution >= 4 is 17.5 Å². The molecule has 0 aliphatic heterocycles. The molecular weight excluding hydrogens is 412 g/mol. The van der Waals surface area contributed by atoms with Crippen LogP contribution in [-0.4, -0.2) is 23.1 Å². The molecule has 0 aromatic carbocycles. The highest BCUT2D eigenvalue weighted by molar-refractivity contribution is 5.92. The number of fused-ring (bicyclic) bond motifs is 5. The Kier molecular flexibility index (Phi) is 6.70. The summed E-state index contributed by atoms with van der Waals surface area (Å²) in [6.07, 6.45) is 12.8. The Morgan fingerprint density at radius 1 is 1.00 bits per heavy atom. The normalized spacial score (nSPS) is 40.0. The predicted molar refractivity (Wildman–Crippen MR) is 130 cm³/mol. The summed E-state index contributed by atoms with van der Waals surface area (Å²) in [4.78, 5) is 38.7. The number of allylic oxidation sites excluding steroid dienone is 1. The van der Waals surface area contributed by atoms with E-state index in [2.05, 4.69) is 27.7 Å². The van der Waals surface area contributed by atoms with E-state index in [1.54, 1.807) is 6.92 Å². The molecule has 0 radical (unpaired) electrons. The van der Waals surface area contributed by atoms with Gasteiger partial charge in [0.15, 0.2) is 17.2 Å². The zero-order valence-corrected chi connectivity index (χ0v) is 21.5. The third-order valence-corrected chi connectivity index (χ3v) is 10.5. The van der Waals surface area contributed by atoms with Crippen molar-refractivity contribution in [2.24, 2.45) is 34.5 Å². The molecule has 4 nitrogen and oxygen atoms in total. The van der Waals surface area contributed by atoms with Crippen LogP contribution in [0.5, 0.6) is 0 Å². The van der Waals surface area contributed by atoms with Gasteiger partial charge in [0.05, 0.1) is 5.92 Å². The van der Waals surface area contributed by atoms with E-state index in [1.807, 2.05) is 6.08 Å². The van der Waals surface area contributed by atoms with Crippen molar-refractivity contribution in [2.75, 3.05) is 0 Å². The molecule has 0 N–H and O–H groups in total. The third kappa shape index (κ3) is 3.74. The molecule has 6 atom stereocenters. The zero-order chi connectivity index (χ0) is 24.0. The fourth-order valence-electron chi connectivity index (χ4n) is 8.71. The van der Waals surface area contributed by atoms with Crippen LogP contribution >= 0.6 is 0 Å². The summed E-state index contributed by atoms with van der Waals surface area (Å²) in [5.41, 5.74) is 0.219. The average Bonchev–Trinajstić information content (AvgIpc) is 3.07. The Morgan fingerprint density at radius 2 is 1.67 bits per heavy atom. The first-order valence-corrected chi connectivity index (χ1v) is 13.6. The highest BCUT2D eigenvalue weighted by atomic mass is 16.6. The number of esters is 1. The standard InChI is InChI=1S/C29H44O4/c1-6-8-20(9-7-2)26(32)33-29(19(3)30)17-14-25-23-11-10-21-18-22(31)12-15-27(21,4)24(23)13-16-28(25,29)5/h18,20,23-25H,6-17H2,1-5H3/t23-,24+,25+,27+,28+,29+/m1/s1. The van der Waals surface area contributed by atoms with Crippen molar-refractivity contribution in [3.63, 3.8) is 0 Å². The van der Waals surface area contributed by atoms with E-state index in [-0.39, 0.29) is 28.5 Å². The van der Waals surface area contributed by atoms with E-state index in [4.69, 9.17) is 4.74 Å². The first kappa shape index (κ1) is 24.7. The summed E-state index contributed by atoms with van der Waals surface area (Å²) in [6, 6.07) is 0. The maximum absolute atomic E-state index is 13.3. The van der Waals surface area contributed by atoms with E-state index in [0.29, 0.717) is 36.4 Å². The zero-order valence-electron chi connectivity index (χ0n) is 21.5. The molecule has 0 heterocycles. The van der Waals surface area contributed by atoms with Crippen LogP contribution in [-0.2, 0) is 19.1 Å². The SMILES string of the molecule is CCCC(CCC)C(=O)O[C@]1(C(C)=O)CC[C@H]2[C@@H]3CCC4=CC(=O)CC[C@]4(C)[C@H]3CC[C@@]21C. The van der Waals surface area contributed by atoms with Crippen LogP contribution in [0.2, 0.25) is 0 Å². The fraction of sp³-hybridized carbons (Fsp3) is 0.828. The number of hydrogen-bond acceptors (Lipinski definition) is 4. The average molecular weight is 457 g/mol. The lowest BCUT2D eigenvalue weighted by atomic mass is 9.46. The van der Waals surface area contributed by atoms with E-state index >= 15 is 0 Å². The van der Waals surface area contributed by atoms with Crippen molar-refractivity contribution in [3.8, 4) is 0 Å². The Bertz CT molecular complexity index is 837. The van der Waals surface area contributed by atoms with Gasteiger partial charge >= 0.3 is 5.97 Å². The highest BCUT2D eigenvalue weighted by Gasteiger charge is 2.68. The van der Waals surface area contributed by atoms with Gasteiger partial charge in [-0.05, 0) is 94.0 Å². The van der Waals surface area contributed by atoms with Gasteiger partial charge in [-0.2, -0.15) is 0 Å². The van der Waals surface area contributed by atoms with Crippen molar-refractivity contribution < 1.29 is 19.1 Å². The Labute approximate surface area is 200 Å². The lowest BCUT2D eigenvalue weighted by Crippen LogP contribution is -2.59. The summed E-state index contributed by atoms with van der Waals surface area (Å²) in [5, 5.41) is 0. The molecule has 0 amide bonds. The minimum Gasteiger partial charge on any atom is -0.450 e. The van der Waals surface area contributed by atoms with Gasteiger partial charge in [0.2, 0.25) is 0 Å². The molecule has 184 valence electrons. The molecular formula is C29H44O4. The van der Waals surface area contributed by atoms with Crippen LogP contribution in [0.3, 0.4) is 0 Å². The number of carbonyl (C=O) groups is 3. The molecule has 4 heteroatoms.